The number of nitrogens with zero attached hydrogens (tertiary/aromatic N) is 1. The molecule has 0 saturated carbocycles. The van der Waals surface area contributed by atoms with Crippen LogP contribution >= 0.6 is 0 Å². The quantitative estimate of drug-likeness (QED) is 0.382. The van der Waals surface area contributed by atoms with E-state index in [1.807, 2.05) is 78.9 Å². The van der Waals surface area contributed by atoms with Crippen LogP contribution in [0.1, 0.15) is 0 Å². The Hall–Kier alpha value is -2.90. The number of phenols is 1. The van der Waals surface area contributed by atoms with E-state index >= 15 is 0 Å². The van der Waals surface area contributed by atoms with Crippen molar-refractivity contribution in [2.75, 3.05) is 0 Å². The Kier molecular flexibility index (Phi) is 5.50. The van der Waals surface area contributed by atoms with Gasteiger partial charge in [-0.25, -0.2) is 0 Å². The third kappa shape index (κ3) is 3.69. The Morgan fingerprint density at radius 2 is 1.31 bits per heavy atom. The topological polar surface area (TPSA) is 33.1 Å². The number of rotatable bonds is 3. The van der Waals surface area contributed by atoms with Gasteiger partial charge in [-0.3, -0.25) is 0 Å². The standard InChI is InChI=1S/C23H15NO.Ni/c25-23-15-5-4-12-20(23)18-10-6-11-19(16-18)22-14-7-13-21(24-22)17-8-2-1-3-9-17;/h1-8,10-15,25H;/q-2;+2. The summed E-state index contributed by atoms with van der Waals surface area (Å²) < 4.78 is 0. The number of phenolic OH excluding ortho intramolecular Hbond substituents is 1. The fraction of sp³-hybridized carbons (Fsp3) is 0. The van der Waals surface area contributed by atoms with E-state index in [0.29, 0.717) is 0 Å². The van der Waals surface area contributed by atoms with Crippen LogP contribution in [0.3, 0.4) is 0 Å². The molecule has 0 unspecified atom stereocenters. The van der Waals surface area contributed by atoms with Gasteiger partial charge in [-0.2, -0.15) is 0 Å². The number of pyridine rings is 1. The average molecular weight is 380 g/mol. The van der Waals surface area contributed by atoms with Crippen LogP contribution in [-0.2, 0) is 16.5 Å². The van der Waals surface area contributed by atoms with E-state index in [0.717, 1.165) is 33.6 Å². The molecule has 128 valence electrons. The molecular weight excluding hydrogens is 365 g/mol. The molecule has 1 heterocycles. The van der Waals surface area contributed by atoms with Gasteiger partial charge < -0.3 is 10.1 Å². The van der Waals surface area contributed by atoms with Gasteiger partial charge in [-0.15, -0.1) is 65.7 Å². The van der Waals surface area contributed by atoms with Gasteiger partial charge in [0.1, 0.15) is 0 Å². The van der Waals surface area contributed by atoms with Crippen molar-refractivity contribution in [3.05, 3.63) is 97.1 Å². The molecule has 0 aliphatic carbocycles. The van der Waals surface area contributed by atoms with Gasteiger partial charge in [0, 0.05) is 0 Å². The second-order valence-electron chi connectivity index (χ2n) is 5.68. The number of benzene rings is 3. The molecule has 1 aromatic heterocycles. The third-order valence-electron chi connectivity index (χ3n) is 4.00. The molecule has 2 nitrogen and oxygen atoms in total. The van der Waals surface area contributed by atoms with Crippen molar-refractivity contribution in [1.82, 2.24) is 4.98 Å². The van der Waals surface area contributed by atoms with Crippen molar-refractivity contribution in [3.63, 3.8) is 0 Å². The summed E-state index contributed by atoms with van der Waals surface area (Å²) >= 11 is 0. The second-order valence-corrected chi connectivity index (χ2v) is 5.68. The van der Waals surface area contributed by atoms with Gasteiger partial charge in [0.25, 0.3) is 0 Å². The van der Waals surface area contributed by atoms with Crippen LogP contribution in [0.5, 0.6) is 5.75 Å². The van der Waals surface area contributed by atoms with E-state index in [1.54, 1.807) is 6.07 Å². The summed E-state index contributed by atoms with van der Waals surface area (Å²) in [6.45, 7) is 0. The van der Waals surface area contributed by atoms with Crippen molar-refractivity contribution in [3.8, 4) is 39.4 Å². The van der Waals surface area contributed by atoms with Crippen LogP contribution in [0.4, 0.5) is 0 Å². The van der Waals surface area contributed by atoms with Crippen molar-refractivity contribution < 1.29 is 21.6 Å². The maximum atomic E-state index is 10.1. The summed E-state index contributed by atoms with van der Waals surface area (Å²) in [5, 5.41) is 10.1. The van der Waals surface area contributed by atoms with Gasteiger partial charge >= 0.3 is 16.5 Å². The van der Waals surface area contributed by atoms with Crippen molar-refractivity contribution >= 4 is 0 Å². The van der Waals surface area contributed by atoms with Crippen LogP contribution in [0, 0.1) is 12.1 Å². The van der Waals surface area contributed by atoms with E-state index in [4.69, 9.17) is 4.98 Å². The molecule has 4 aromatic rings. The van der Waals surface area contributed by atoms with Crippen LogP contribution in [0.15, 0.2) is 84.9 Å². The molecule has 0 aliphatic heterocycles. The summed E-state index contributed by atoms with van der Waals surface area (Å²) in [6.07, 6.45) is 0. The van der Waals surface area contributed by atoms with Crippen LogP contribution in [0.25, 0.3) is 33.6 Å². The third-order valence-corrected chi connectivity index (χ3v) is 4.00. The molecule has 0 fully saturated rings. The van der Waals surface area contributed by atoms with Crippen molar-refractivity contribution in [2.45, 2.75) is 0 Å². The smallest absolute Gasteiger partial charge is 0.515 e. The first-order valence-corrected chi connectivity index (χ1v) is 8.06. The zero-order valence-corrected chi connectivity index (χ0v) is 14.8. The van der Waals surface area contributed by atoms with Gasteiger partial charge in [0.2, 0.25) is 0 Å². The fourth-order valence-corrected chi connectivity index (χ4v) is 2.76. The number of aromatic hydroxyl groups is 1. The van der Waals surface area contributed by atoms with E-state index in [-0.39, 0.29) is 22.2 Å². The Balaban J connectivity index is 0.00000196. The Morgan fingerprint density at radius 3 is 2.08 bits per heavy atom. The van der Waals surface area contributed by atoms with Gasteiger partial charge in [0.15, 0.2) is 0 Å². The Labute approximate surface area is 163 Å². The molecule has 4 rings (SSSR count). The number of hydrogen-bond acceptors (Lipinski definition) is 2. The van der Waals surface area contributed by atoms with E-state index in [1.165, 1.54) is 0 Å². The van der Waals surface area contributed by atoms with E-state index < -0.39 is 0 Å². The molecule has 1 N–H and O–H groups in total. The first-order chi connectivity index (χ1) is 12.3. The van der Waals surface area contributed by atoms with Crippen LogP contribution < -0.4 is 0 Å². The van der Waals surface area contributed by atoms with Gasteiger partial charge in [-0.1, -0.05) is 42.0 Å². The zero-order valence-electron chi connectivity index (χ0n) is 13.8. The predicted octanol–water partition coefficient (Wildman–Crippen LogP) is 5.39. The maximum absolute atomic E-state index is 10.1. The average Bonchev–Trinajstić information content (AvgIpc) is 2.69. The Bertz CT molecular complexity index is 1020. The van der Waals surface area contributed by atoms with Crippen LogP contribution in [-0.4, -0.2) is 10.1 Å². The summed E-state index contributed by atoms with van der Waals surface area (Å²) in [6, 6.07) is 33.4. The fourth-order valence-electron chi connectivity index (χ4n) is 2.76. The largest absolute Gasteiger partial charge is 2.00 e. The monoisotopic (exact) mass is 379 g/mol. The molecule has 0 radical (unpaired) electrons. The molecule has 0 amide bonds. The Morgan fingerprint density at radius 1 is 0.654 bits per heavy atom. The van der Waals surface area contributed by atoms with Gasteiger partial charge in [0.05, 0.1) is 5.75 Å². The molecule has 0 atom stereocenters. The maximum Gasteiger partial charge on any atom is 2.00 e. The first kappa shape index (κ1) is 17.9. The molecule has 26 heavy (non-hydrogen) atoms. The summed E-state index contributed by atoms with van der Waals surface area (Å²) in [5.74, 6) is 0.247. The number of hydrogen-bond donors (Lipinski definition) is 1. The number of aromatic nitrogens is 1. The molecule has 0 spiro atoms. The first-order valence-electron chi connectivity index (χ1n) is 8.06. The SMILES string of the molecule is Oc1ccccc1-c1[c-]c(-c2cccc(-c3[c-]cccc3)n2)ccc1.[Ni+2]. The van der Waals surface area contributed by atoms with Crippen molar-refractivity contribution in [2.24, 2.45) is 0 Å². The summed E-state index contributed by atoms with van der Waals surface area (Å²) in [4.78, 5) is 4.75. The molecule has 3 heteroatoms. The summed E-state index contributed by atoms with van der Waals surface area (Å²) in [5.41, 5.74) is 5.16. The molecular formula is C23H15NNiO. The minimum Gasteiger partial charge on any atom is -0.515 e. The van der Waals surface area contributed by atoms with E-state index in [9.17, 15) is 5.11 Å². The minimum absolute atomic E-state index is 0. The molecule has 0 saturated heterocycles. The van der Waals surface area contributed by atoms with Crippen LogP contribution in [0.2, 0.25) is 0 Å². The molecule has 0 aliphatic rings. The molecule has 3 aromatic carbocycles. The number of para-hydroxylation sites is 1. The van der Waals surface area contributed by atoms with Crippen molar-refractivity contribution in [1.29, 1.82) is 0 Å². The minimum atomic E-state index is 0. The van der Waals surface area contributed by atoms with E-state index in [2.05, 4.69) is 12.1 Å². The normalized spacial score (nSPS) is 10.2. The van der Waals surface area contributed by atoms with Gasteiger partial charge in [-0.05, 0) is 23.0 Å². The second kappa shape index (κ2) is 7.99. The summed E-state index contributed by atoms with van der Waals surface area (Å²) in [7, 11) is 0. The predicted molar refractivity (Wildman–Crippen MR) is 99.9 cm³/mol. The zero-order chi connectivity index (χ0) is 17.1. The molecule has 0 bridgehead atoms.